The average molecular weight is 519 g/mol. The highest BCUT2D eigenvalue weighted by atomic mass is 127. The molecular formula is C22H38IN3O3. The maximum absolute atomic E-state index is 5.79. The summed E-state index contributed by atoms with van der Waals surface area (Å²) in [6.07, 6.45) is 5.29. The summed E-state index contributed by atoms with van der Waals surface area (Å²) in [6, 6.07) is 8.18. The van der Waals surface area contributed by atoms with Gasteiger partial charge in [0.15, 0.2) is 5.96 Å². The number of aliphatic imine (C=N–C) groups is 1. The summed E-state index contributed by atoms with van der Waals surface area (Å²) in [5.74, 6) is 2.46. The van der Waals surface area contributed by atoms with Crippen molar-refractivity contribution < 1.29 is 14.2 Å². The summed E-state index contributed by atoms with van der Waals surface area (Å²) in [4.78, 5) is 4.26. The summed E-state index contributed by atoms with van der Waals surface area (Å²) in [5, 5.41) is 6.68. The van der Waals surface area contributed by atoms with Crippen molar-refractivity contribution in [2.24, 2.45) is 10.9 Å². The number of unbranched alkanes of at least 4 members (excludes halogenated alkanes) is 1. The number of ether oxygens (including phenoxy) is 3. The average Bonchev–Trinajstić information content (AvgIpc) is 2.73. The van der Waals surface area contributed by atoms with Crippen LogP contribution in [0.1, 0.15) is 37.7 Å². The van der Waals surface area contributed by atoms with Crippen LogP contribution >= 0.6 is 24.0 Å². The van der Waals surface area contributed by atoms with Gasteiger partial charge < -0.3 is 24.8 Å². The fourth-order valence-corrected chi connectivity index (χ4v) is 3.02. The molecule has 2 N–H and O–H groups in total. The summed E-state index contributed by atoms with van der Waals surface area (Å²) in [7, 11) is 1.80. The molecule has 1 aromatic carbocycles. The molecule has 1 fully saturated rings. The normalized spacial score (nSPS) is 14.9. The predicted octanol–water partition coefficient (Wildman–Crippen LogP) is 3.77. The van der Waals surface area contributed by atoms with E-state index in [-0.39, 0.29) is 24.0 Å². The largest absolute Gasteiger partial charge is 0.494 e. The van der Waals surface area contributed by atoms with E-state index in [1.807, 2.05) is 12.1 Å². The SMILES string of the molecule is CN=C(NCCCCOc1ccc(C)cc1)NCCCOCC1CCOCC1.I. The fourth-order valence-electron chi connectivity index (χ4n) is 3.02. The van der Waals surface area contributed by atoms with Gasteiger partial charge in [-0.2, -0.15) is 0 Å². The first-order valence-electron chi connectivity index (χ1n) is 10.6. The number of rotatable bonds is 12. The van der Waals surface area contributed by atoms with Gasteiger partial charge in [0.25, 0.3) is 0 Å². The van der Waals surface area contributed by atoms with Crippen LogP contribution in [0.5, 0.6) is 5.75 Å². The zero-order valence-electron chi connectivity index (χ0n) is 18.0. The Morgan fingerprint density at radius 2 is 1.72 bits per heavy atom. The standard InChI is InChI=1S/C22H37N3O3.HI/c1-19-6-8-21(9-7-19)28-15-4-3-12-24-22(23-2)25-13-5-14-27-18-20-10-16-26-17-11-20;/h6-9,20H,3-5,10-18H2,1-2H3,(H2,23,24,25);1H. The van der Waals surface area contributed by atoms with Gasteiger partial charge in [-0.15, -0.1) is 24.0 Å². The number of benzene rings is 1. The van der Waals surface area contributed by atoms with Crippen LogP contribution in [0.2, 0.25) is 0 Å². The van der Waals surface area contributed by atoms with Gasteiger partial charge in [-0.3, -0.25) is 4.99 Å². The van der Waals surface area contributed by atoms with E-state index in [9.17, 15) is 0 Å². The summed E-state index contributed by atoms with van der Waals surface area (Å²) < 4.78 is 16.9. The zero-order valence-corrected chi connectivity index (χ0v) is 20.3. The highest BCUT2D eigenvalue weighted by Gasteiger charge is 2.13. The Morgan fingerprint density at radius 3 is 2.41 bits per heavy atom. The molecule has 166 valence electrons. The highest BCUT2D eigenvalue weighted by Crippen LogP contribution is 2.14. The van der Waals surface area contributed by atoms with E-state index in [1.165, 1.54) is 5.56 Å². The minimum Gasteiger partial charge on any atom is -0.494 e. The van der Waals surface area contributed by atoms with Crippen LogP contribution in [-0.4, -0.2) is 59.1 Å². The van der Waals surface area contributed by atoms with Crippen LogP contribution < -0.4 is 15.4 Å². The molecule has 0 unspecified atom stereocenters. The molecule has 6 nitrogen and oxygen atoms in total. The van der Waals surface area contributed by atoms with Gasteiger partial charge >= 0.3 is 0 Å². The monoisotopic (exact) mass is 519 g/mol. The van der Waals surface area contributed by atoms with E-state index in [2.05, 4.69) is 34.7 Å². The van der Waals surface area contributed by atoms with E-state index in [1.54, 1.807) is 7.05 Å². The van der Waals surface area contributed by atoms with Gasteiger partial charge in [-0.25, -0.2) is 0 Å². The molecule has 1 aliphatic rings. The van der Waals surface area contributed by atoms with Crippen LogP contribution in [0.3, 0.4) is 0 Å². The van der Waals surface area contributed by atoms with E-state index in [0.29, 0.717) is 5.92 Å². The minimum absolute atomic E-state index is 0. The second-order valence-electron chi connectivity index (χ2n) is 7.28. The molecule has 1 saturated heterocycles. The Balaban J connectivity index is 0.00000420. The van der Waals surface area contributed by atoms with Crippen LogP contribution in [0.15, 0.2) is 29.3 Å². The second-order valence-corrected chi connectivity index (χ2v) is 7.28. The molecule has 0 bridgehead atoms. The van der Waals surface area contributed by atoms with Crippen LogP contribution in [0, 0.1) is 12.8 Å². The molecule has 7 heteroatoms. The van der Waals surface area contributed by atoms with Gasteiger partial charge in [0, 0.05) is 46.6 Å². The topological polar surface area (TPSA) is 64.1 Å². The Labute approximate surface area is 193 Å². The predicted molar refractivity (Wildman–Crippen MR) is 130 cm³/mol. The van der Waals surface area contributed by atoms with Crippen molar-refractivity contribution in [3.63, 3.8) is 0 Å². The molecule has 0 amide bonds. The maximum atomic E-state index is 5.79. The van der Waals surface area contributed by atoms with Gasteiger partial charge in [-0.1, -0.05) is 17.7 Å². The lowest BCUT2D eigenvalue weighted by Gasteiger charge is -2.21. The Morgan fingerprint density at radius 1 is 1.03 bits per heavy atom. The number of nitrogens with zero attached hydrogens (tertiary/aromatic N) is 1. The summed E-state index contributed by atoms with van der Waals surface area (Å²) >= 11 is 0. The number of halogens is 1. The van der Waals surface area contributed by atoms with Crippen molar-refractivity contribution in [1.82, 2.24) is 10.6 Å². The van der Waals surface area contributed by atoms with Crippen molar-refractivity contribution in [3.05, 3.63) is 29.8 Å². The van der Waals surface area contributed by atoms with Crippen molar-refractivity contribution in [1.29, 1.82) is 0 Å². The number of guanidine groups is 1. The zero-order chi connectivity index (χ0) is 19.9. The van der Waals surface area contributed by atoms with Crippen LogP contribution in [-0.2, 0) is 9.47 Å². The fraction of sp³-hybridized carbons (Fsp3) is 0.682. The van der Waals surface area contributed by atoms with E-state index in [0.717, 1.165) is 89.9 Å². The molecule has 0 atom stereocenters. The maximum Gasteiger partial charge on any atom is 0.190 e. The quantitative estimate of drug-likeness (QED) is 0.191. The molecule has 0 radical (unpaired) electrons. The molecule has 1 heterocycles. The van der Waals surface area contributed by atoms with Crippen molar-refractivity contribution in [2.45, 2.75) is 39.0 Å². The molecule has 1 aromatic rings. The molecule has 1 aliphatic heterocycles. The smallest absolute Gasteiger partial charge is 0.190 e. The van der Waals surface area contributed by atoms with E-state index < -0.39 is 0 Å². The number of hydrogen-bond donors (Lipinski definition) is 2. The van der Waals surface area contributed by atoms with E-state index in [4.69, 9.17) is 14.2 Å². The Bertz CT molecular complexity index is 549. The van der Waals surface area contributed by atoms with Crippen molar-refractivity contribution in [2.75, 3.05) is 53.2 Å². The van der Waals surface area contributed by atoms with Crippen LogP contribution in [0.25, 0.3) is 0 Å². The Hall–Kier alpha value is -1.06. The third-order valence-corrected chi connectivity index (χ3v) is 4.83. The number of aryl methyl sites for hydroxylation is 1. The number of nitrogens with one attached hydrogen (secondary N) is 2. The molecule has 2 rings (SSSR count). The lowest BCUT2D eigenvalue weighted by Crippen LogP contribution is -2.38. The molecule has 0 spiro atoms. The van der Waals surface area contributed by atoms with Crippen LogP contribution in [0.4, 0.5) is 0 Å². The van der Waals surface area contributed by atoms with Crippen molar-refractivity contribution >= 4 is 29.9 Å². The third kappa shape index (κ3) is 12.3. The number of hydrogen-bond acceptors (Lipinski definition) is 4. The lowest BCUT2D eigenvalue weighted by atomic mass is 10.0. The molecule has 0 aromatic heterocycles. The minimum atomic E-state index is 0. The lowest BCUT2D eigenvalue weighted by molar-refractivity contribution is 0.0203. The van der Waals surface area contributed by atoms with Gasteiger partial charge in [0.05, 0.1) is 6.61 Å². The Kier molecular flexibility index (Phi) is 15.0. The molecule has 0 saturated carbocycles. The molecular weight excluding hydrogens is 481 g/mol. The second kappa shape index (κ2) is 16.7. The first kappa shape index (κ1) is 26.0. The molecule has 29 heavy (non-hydrogen) atoms. The summed E-state index contributed by atoms with van der Waals surface area (Å²) in [6.45, 7) is 7.99. The summed E-state index contributed by atoms with van der Waals surface area (Å²) in [5.41, 5.74) is 1.25. The van der Waals surface area contributed by atoms with Gasteiger partial charge in [0.1, 0.15) is 5.75 Å². The van der Waals surface area contributed by atoms with Crippen molar-refractivity contribution in [3.8, 4) is 5.75 Å². The first-order valence-corrected chi connectivity index (χ1v) is 10.6. The first-order chi connectivity index (χ1) is 13.8. The third-order valence-electron chi connectivity index (χ3n) is 4.83. The molecule has 0 aliphatic carbocycles. The van der Waals surface area contributed by atoms with Gasteiger partial charge in [-0.05, 0) is 57.1 Å². The van der Waals surface area contributed by atoms with E-state index >= 15 is 0 Å². The van der Waals surface area contributed by atoms with Gasteiger partial charge in [0.2, 0.25) is 0 Å². The highest BCUT2D eigenvalue weighted by molar-refractivity contribution is 14.0.